The van der Waals surface area contributed by atoms with Gasteiger partial charge in [-0.2, -0.15) is 0 Å². The van der Waals surface area contributed by atoms with Crippen LogP contribution in [0.4, 0.5) is 11.4 Å². The molecule has 0 spiro atoms. The number of anilines is 2. The quantitative estimate of drug-likeness (QED) is 0.644. The monoisotopic (exact) mass is 250 g/mol. The van der Waals surface area contributed by atoms with Crippen LogP contribution in [0.3, 0.4) is 0 Å². The Bertz CT molecular complexity index is 416. The number of esters is 1. The Morgan fingerprint density at radius 2 is 2.11 bits per heavy atom. The van der Waals surface area contributed by atoms with Crippen molar-refractivity contribution in [3.8, 4) is 0 Å². The summed E-state index contributed by atoms with van der Waals surface area (Å²) in [6, 6.07) is 5.29. The van der Waals surface area contributed by atoms with Crippen LogP contribution in [0.5, 0.6) is 0 Å². The van der Waals surface area contributed by atoms with Crippen molar-refractivity contribution in [1.29, 1.82) is 0 Å². The number of nitrogens with zero attached hydrogens (tertiary/aromatic N) is 1. The number of rotatable bonds is 5. The first-order valence-electron chi connectivity index (χ1n) is 6.23. The summed E-state index contributed by atoms with van der Waals surface area (Å²) in [5, 5.41) is 0. The number of carbonyl (C=O) groups excluding carboxylic acids is 1. The maximum Gasteiger partial charge on any atom is 0.338 e. The second-order valence-electron chi connectivity index (χ2n) is 4.77. The zero-order chi connectivity index (χ0) is 13.7. The third kappa shape index (κ3) is 3.65. The van der Waals surface area contributed by atoms with Gasteiger partial charge >= 0.3 is 5.97 Å². The van der Waals surface area contributed by atoms with E-state index in [-0.39, 0.29) is 5.97 Å². The molecule has 0 atom stereocenters. The van der Waals surface area contributed by atoms with Crippen molar-refractivity contribution in [2.75, 3.05) is 30.8 Å². The van der Waals surface area contributed by atoms with Crippen LogP contribution in [-0.4, -0.2) is 26.2 Å². The summed E-state index contributed by atoms with van der Waals surface area (Å²) in [4.78, 5) is 13.7. The molecule has 4 nitrogen and oxygen atoms in total. The maximum atomic E-state index is 11.6. The van der Waals surface area contributed by atoms with Crippen LogP contribution in [0.2, 0.25) is 0 Å². The van der Waals surface area contributed by atoms with Crippen LogP contribution in [0.15, 0.2) is 18.2 Å². The molecule has 0 heterocycles. The molecular formula is C14H22N2O2. The van der Waals surface area contributed by atoms with E-state index in [9.17, 15) is 4.79 Å². The predicted octanol–water partition coefficient (Wildman–Crippen LogP) is 2.54. The van der Waals surface area contributed by atoms with Crippen molar-refractivity contribution in [3.63, 3.8) is 0 Å². The summed E-state index contributed by atoms with van der Waals surface area (Å²) in [6.07, 6.45) is 0. The van der Waals surface area contributed by atoms with Crippen LogP contribution >= 0.6 is 0 Å². The lowest BCUT2D eigenvalue weighted by molar-refractivity contribution is 0.0526. The van der Waals surface area contributed by atoms with Crippen LogP contribution < -0.4 is 10.6 Å². The maximum absolute atomic E-state index is 11.6. The van der Waals surface area contributed by atoms with Gasteiger partial charge in [0.1, 0.15) is 0 Å². The molecule has 0 bridgehead atoms. The Balaban J connectivity index is 2.88. The van der Waals surface area contributed by atoms with Crippen molar-refractivity contribution < 1.29 is 9.53 Å². The van der Waals surface area contributed by atoms with E-state index in [0.29, 0.717) is 23.8 Å². The number of hydrogen-bond acceptors (Lipinski definition) is 4. The van der Waals surface area contributed by atoms with E-state index >= 15 is 0 Å². The molecule has 1 aromatic rings. The SMILES string of the molecule is CCOC(=O)c1ccc(N(C)CC(C)C)c(N)c1. The number of benzene rings is 1. The largest absolute Gasteiger partial charge is 0.462 e. The standard InChI is InChI=1S/C14H22N2O2/c1-5-18-14(17)11-6-7-13(12(15)8-11)16(4)9-10(2)3/h6-8,10H,5,9,15H2,1-4H3. The van der Waals surface area contributed by atoms with Crippen LogP contribution in [0, 0.1) is 5.92 Å². The van der Waals surface area contributed by atoms with E-state index in [1.165, 1.54) is 0 Å². The summed E-state index contributed by atoms with van der Waals surface area (Å²) < 4.78 is 4.94. The molecule has 1 aromatic carbocycles. The van der Waals surface area contributed by atoms with E-state index in [4.69, 9.17) is 10.5 Å². The number of nitrogen functional groups attached to an aromatic ring is 1. The van der Waals surface area contributed by atoms with E-state index in [0.717, 1.165) is 12.2 Å². The van der Waals surface area contributed by atoms with Crippen molar-refractivity contribution in [2.24, 2.45) is 5.92 Å². The first-order chi connectivity index (χ1) is 8.45. The van der Waals surface area contributed by atoms with Crippen molar-refractivity contribution in [3.05, 3.63) is 23.8 Å². The number of nitrogens with two attached hydrogens (primary N) is 1. The van der Waals surface area contributed by atoms with Gasteiger partial charge in [-0.05, 0) is 31.0 Å². The third-order valence-electron chi connectivity index (χ3n) is 2.59. The van der Waals surface area contributed by atoms with E-state index in [1.54, 1.807) is 19.1 Å². The highest BCUT2D eigenvalue weighted by molar-refractivity contribution is 5.92. The van der Waals surface area contributed by atoms with E-state index in [1.807, 2.05) is 13.1 Å². The van der Waals surface area contributed by atoms with Gasteiger partial charge in [-0.3, -0.25) is 0 Å². The van der Waals surface area contributed by atoms with Crippen molar-refractivity contribution in [2.45, 2.75) is 20.8 Å². The highest BCUT2D eigenvalue weighted by Gasteiger charge is 2.11. The minimum atomic E-state index is -0.331. The molecule has 0 amide bonds. The Labute approximate surface area is 109 Å². The topological polar surface area (TPSA) is 55.6 Å². The number of carbonyl (C=O) groups is 1. The fourth-order valence-corrected chi connectivity index (χ4v) is 1.89. The normalized spacial score (nSPS) is 10.5. The lowest BCUT2D eigenvalue weighted by atomic mass is 10.1. The van der Waals surface area contributed by atoms with Crippen LogP contribution in [0.25, 0.3) is 0 Å². The average Bonchev–Trinajstić information content (AvgIpc) is 2.28. The van der Waals surface area contributed by atoms with Crippen molar-refractivity contribution >= 4 is 17.3 Å². The number of ether oxygens (including phenoxy) is 1. The highest BCUT2D eigenvalue weighted by atomic mass is 16.5. The molecule has 4 heteroatoms. The minimum Gasteiger partial charge on any atom is -0.462 e. The number of hydrogen-bond donors (Lipinski definition) is 1. The molecule has 0 aliphatic carbocycles. The van der Waals surface area contributed by atoms with Gasteiger partial charge in [0, 0.05) is 13.6 Å². The average molecular weight is 250 g/mol. The molecule has 2 N–H and O–H groups in total. The van der Waals surface area contributed by atoms with Gasteiger partial charge in [-0.1, -0.05) is 13.8 Å². The Kier molecular flexibility index (Phi) is 5.01. The molecule has 1 rings (SSSR count). The fraction of sp³-hybridized carbons (Fsp3) is 0.500. The van der Waals surface area contributed by atoms with Crippen molar-refractivity contribution in [1.82, 2.24) is 0 Å². The minimum absolute atomic E-state index is 0.331. The predicted molar refractivity (Wildman–Crippen MR) is 74.9 cm³/mol. The van der Waals surface area contributed by atoms with Gasteiger partial charge in [-0.15, -0.1) is 0 Å². The molecule has 0 fully saturated rings. The van der Waals surface area contributed by atoms with E-state index < -0.39 is 0 Å². The molecule has 100 valence electrons. The second-order valence-corrected chi connectivity index (χ2v) is 4.77. The summed E-state index contributed by atoms with van der Waals surface area (Å²) >= 11 is 0. The molecule has 0 radical (unpaired) electrons. The molecular weight excluding hydrogens is 228 g/mol. The lowest BCUT2D eigenvalue weighted by Crippen LogP contribution is -2.23. The highest BCUT2D eigenvalue weighted by Crippen LogP contribution is 2.24. The molecule has 18 heavy (non-hydrogen) atoms. The lowest BCUT2D eigenvalue weighted by Gasteiger charge is -2.23. The Hall–Kier alpha value is -1.71. The zero-order valence-corrected chi connectivity index (χ0v) is 11.6. The molecule has 0 saturated heterocycles. The first-order valence-corrected chi connectivity index (χ1v) is 6.23. The molecule has 0 aromatic heterocycles. The van der Waals surface area contributed by atoms with Gasteiger partial charge in [0.2, 0.25) is 0 Å². The van der Waals surface area contributed by atoms with Crippen LogP contribution in [-0.2, 0) is 4.74 Å². The zero-order valence-electron chi connectivity index (χ0n) is 11.6. The Morgan fingerprint density at radius 3 is 2.61 bits per heavy atom. The molecule has 0 saturated carbocycles. The molecule has 0 aliphatic heterocycles. The second kappa shape index (κ2) is 6.28. The summed E-state index contributed by atoms with van der Waals surface area (Å²) in [6.45, 7) is 7.38. The van der Waals surface area contributed by atoms with Gasteiger partial charge in [0.05, 0.1) is 23.5 Å². The summed E-state index contributed by atoms with van der Waals surface area (Å²) in [5.74, 6) is 0.224. The van der Waals surface area contributed by atoms with E-state index in [2.05, 4.69) is 18.7 Å². The van der Waals surface area contributed by atoms with Gasteiger partial charge in [0.25, 0.3) is 0 Å². The summed E-state index contributed by atoms with van der Waals surface area (Å²) in [5.41, 5.74) is 8.02. The first kappa shape index (κ1) is 14.4. The smallest absolute Gasteiger partial charge is 0.338 e. The van der Waals surface area contributed by atoms with Gasteiger partial charge < -0.3 is 15.4 Å². The third-order valence-corrected chi connectivity index (χ3v) is 2.59. The fourth-order valence-electron chi connectivity index (χ4n) is 1.89. The molecule has 0 aliphatic rings. The summed E-state index contributed by atoms with van der Waals surface area (Å²) in [7, 11) is 2.00. The van der Waals surface area contributed by atoms with Gasteiger partial charge in [0.15, 0.2) is 0 Å². The molecule has 0 unspecified atom stereocenters. The van der Waals surface area contributed by atoms with Gasteiger partial charge in [-0.25, -0.2) is 4.79 Å². The van der Waals surface area contributed by atoms with Crippen LogP contribution in [0.1, 0.15) is 31.1 Å². The Morgan fingerprint density at radius 1 is 1.44 bits per heavy atom.